The standard InChI is InChI=1S/C24H42N2O3S/c1-15(2)20-10-22(16(3)4)24(23(11-20)17(5)6)30(28,29)25-12-21(27)14-26-13-18(7)9-19(26)8/h10-11,15-19,21,25,27H,9,12-14H2,1-8H3/t18?,19?,21-/m0/s1. The third-order valence-corrected chi connectivity index (χ3v) is 7.77. The van der Waals surface area contributed by atoms with Gasteiger partial charge in [-0.2, -0.15) is 0 Å². The molecule has 2 unspecified atom stereocenters. The molecule has 6 heteroatoms. The fourth-order valence-electron chi connectivity index (χ4n) is 4.45. The lowest BCUT2D eigenvalue weighted by Crippen LogP contribution is -2.41. The summed E-state index contributed by atoms with van der Waals surface area (Å²) in [5, 5.41) is 10.5. The SMILES string of the molecule is CC1CC(C)N(C[C@@H](O)CNS(=O)(=O)c2c(C(C)C)cc(C(C)C)cc2C(C)C)C1. The maximum atomic E-state index is 13.4. The van der Waals surface area contributed by atoms with Crippen LogP contribution in [0.4, 0.5) is 0 Å². The van der Waals surface area contributed by atoms with Crippen LogP contribution in [-0.4, -0.2) is 50.2 Å². The quantitative estimate of drug-likeness (QED) is 0.598. The van der Waals surface area contributed by atoms with Crippen molar-refractivity contribution in [3.8, 4) is 0 Å². The highest BCUT2D eigenvalue weighted by Gasteiger charge is 2.30. The van der Waals surface area contributed by atoms with E-state index in [1.807, 2.05) is 39.8 Å². The van der Waals surface area contributed by atoms with Gasteiger partial charge in [0.05, 0.1) is 11.0 Å². The highest BCUT2D eigenvalue weighted by Crippen LogP contribution is 2.35. The first kappa shape index (κ1) is 25.3. The van der Waals surface area contributed by atoms with Gasteiger partial charge in [0.1, 0.15) is 0 Å². The summed E-state index contributed by atoms with van der Waals surface area (Å²) in [6.07, 6.45) is 0.392. The summed E-state index contributed by atoms with van der Waals surface area (Å²) in [5.41, 5.74) is 2.88. The van der Waals surface area contributed by atoms with E-state index in [1.54, 1.807) is 0 Å². The molecule has 1 aliphatic rings. The zero-order chi connectivity index (χ0) is 22.8. The minimum absolute atomic E-state index is 0.0287. The largest absolute Gasteiger partial charge is 0.390 e. The Morgan fingerprint density at radius 1 is 1.03 bits per heavy atom. The molecule has 172 valence electrons. The average Bonchev–Trinajstić information content (AvgIpc) is 2.95. The van der Waals surface area contributed by atoms with E-state index >= 15 is 0 Å². The van der Waals surface area contributed by atoms with Crippen LogP contribution in [0.25, 0.3) is 0 Å². The summed E-state index contributed by atoms with van der Waals surface area (Å²) in [4.78, 5) is 2.65. The Kier molecular flexibility index (Phi) is 8.53. The topological polar surface area (TPSA) is 69.6 Å². The highest BCUT2D eigenvalue weighted by molar-refractivity contribution is 7.89. The lowest BCUT2D eigenvalue weighted by Gasteiger charge is -2.25. The van der Waals surface area contributed by atoms with E-state index in [0.717, 1.165) is 24.1 Å². The van der Waals surface area contributed by atoms with Crippen LogP contribution in [0.5, 0.6) is 0 Å². The Balaban J connectivity index is 2.27. The molecule has 30 heavy (non-hydrogen) atoms. The Hall–Kier alpha value is -0.950. The van der Waals surface area contributed by atoms with Crippen molar-refractivity contribution >= 4 is 10.0 Å². The summed E-state index contributed by atoms with van der Waals surface area (Å²) < 4.78 is 29.5. The molecular formula is C24H42N2O3S. The zero-order valence-electron chi connectivity index (χ0n) is 20.1. The van der Waals surface area contributed by atoms with Crippen LogP contribution in [0.15, 0.2) is 17.0 Å². The second-order valence-corrected chi connectivity index (χ2v) is 11.8. The van der Waals surface area contributed by atoms with Crippen LogP contribution < -0.4 is 4.72 Å². The number of aliphatic hydroxyl groups excluding tert-OH is 1. The number of aliphatic hydroxyl groups is 1. The van der Waals surface area contributed by atoms with Gasteiger partial charge < -0.3 is 5.11 Å². The molecule has 0 aliphatic carbocycles. The maximum Gasteiger partial charge on any atom is 0.241 e. The Morgan fingerprint density at radius 3 is 1.97 bits per heavy atom. The van der Waals surface area contributed by atoms with Crippen LogP contribution in [-0.2, 0) is 10.0 Å². The first-order valence-electron chi connectivity index (χ1n) is 11.4. The summed E-state index contributed by atoms with van der Waals surface area (Å²) in [7, 11) is -3.74. The number of nitrogens with zero attached hydrogens (tertiary/aromatic N) is 1. The van der Waals surface area contributed by atoms with E-state index in [2.05, 4.69) is 37.3 Å². The van der Waals surface area contributed by atoms with Crippen molar-refractivity contribution in [2.24, 2.45) is 5.92 Å². The molecule has 3 atom stereocenters. The molecular weight excluding hydrogens is 396 g/mol. The van der Waals surface area contributed by atoms with Crippen molar-refractivity contribution in [2.45, 2.75) is 96.6 Å². The van der Waals surface area contributed by atoms with Gasteiger partial charge in [-0.1, -0.05) is 60.6 Å². The maximum absolute atomic E-state index is 13.4. The van der Waals surface area contributed by atoms with Crippen molar-refractivity contribution in [1.82, 2.24) is 9.62 Å². The van der Waals surface area contributed by atoms with Gasteiger partial charge in [-0.05, 0) is 53.7 Å². The predicted molar refractivity (Wildman–Crippen MR) is 125 cm³/mol. The summed E-state index contributed by atoms with van der Waals surface area (Å²) in [6, 6.07) is 4.51. The number of hydrogen-bond donors (Lipinski definition) is 2. The van der Waals surface area contributed by atoms with E-state index in [9.17, 15) is 13.5 Å². The average molecular weight is 439 g/mol. The first-order chi connectivity index (χ1) is 13.8. The Labute approximate surface area is 184 Å². The molecule has 5 nitrogen and oxygen atoms in total. The number of nitrogens with one attached hydrogen (secondary N) is 1. The fraction of sp³-hybridized carbons (Fsp3) is 0.750. The first-order valence-corrected chi connectivity index (χ1v) is 12.9. The number of likely N-dealkylation sites (tertiary alicyclic amines) is 1. The van der Waals surface area contributed by atoms with E-state index in [1.165, 1.54) is 5.56 Å². The monoisotopic (exact) mass is 438 g/mol. The minimum Gasteiger partial charge on any atom is -0.390 e. The smallest absolute Gasteiger partial charge is 0.241 e. The fourth-order valence-corrected chi connectivity index (χ4v) is 6.22. The van der Waals surface area contributed by atoms with Crippen molar-refractivity contribution in [2.75, 3.05) is 19.6 Å². The van der Waals surface area contributed by atoms with Gasteiger partial charge in [0, 0.05) is 25.7 Å². The molecule has 0 amide bonds. The van der Waals surface area contributed by atoms with E-state index < -0.39 is 16.1 Å². The van der Waals surface area contributed by atoms with E-state index in [-0.39, 0.29) is 18.4 Å². The summed E-state index contributed by atoms with van der Waals surface area (Å²) in [5.74, 6) is 1.12. The Bertz CT molecular complexity index is 789. The minimum atomic E-state index is -3.74. The van der Waals surface area contributed by atoms with Gasteiger partial charge in [-0.15, -0.1) is 0 Å². The second kappa shape index (κ2) is 10.1. The molecule has 0 bridgehead atoms. The molecule has 1 fully saturated rings. The third kappa shape index (κ3) is 6.06. The van der Waals surface area contributed by atoms with Gasteiger partial charge >= 0.3 is 0 Å². The lowest BCUT2D eigenvalue weighted by molar-refractivity contribution is 0.111. The number of hydrogen-bond acceptors (Lipinski definition) is 4. The molecule has 1 aromatic rings. The molecule has 0 radical (unpaired) electrons. The molecule has 0 spiro atoms. The number of sulfonamides is 1. The molecule has 0 aromatic heterocycles. The molecule has 2 N–H and O–H groups in total. The second-order valence-electron chi connectivity index (χ2n) is 10.1. The van der Waals surface area contributed by atoms with E-state index in [0.29, 0.717) is 29.3 Å². The van der Waals surface area contributed by atoms with Gasteiger partial charge in [-0.25, -0.2) is 13.1 Å². The van der Waals surface area contributed by atoms with Crippen molar-refractivity contribution in [3.63, 3.8) is 0 Å². The van der Waals surface area contributed by atoms with Crippen LogP contribution >= 0.6 is 0 Å². The molecule has 0 saturated carbocycles. The van der Waals surface area contributed by atoms with Crippen LogP contribution in [0.1, 0.15) is 96.3 Å². The number of rotatable bonds is 9. The van der Waals surface area contributed by atoms with Crippen LogP contribution in [0.3, 0.4) is 0 Å². The van der Waals surface area contributed by atoms with Crippen LogP contribution in [0, 0.1) is 5.92 Å². The molecule has 1 aliphatic heterocycles. The molecule has 1 saturated heterocycles. The van der Waals surface area contributed by atoms with Gasteiger partial charge in [0.25, 0.3) is 0 Å². The van der Waals surface area contributed by atoms with Crippen LogP contribution in [0.2, 0.25) is 0 Å². The molecule has 2 rings (SSSR count). The van der Waals surface area contributed by atoms with Gasteiger partial charge in [0.2, 0.25) is 10.0 Å². The summed E-state index contributed by atoms with van der Waals surface area (Å²) >= 11 is 0. The zero-order valence-corrected chi connectivity index (χ0v) is 20.9. The van der Waals surface area contributed by atoms with E-state index in [4.69, 9.17) is 0 Å². The third-order valence-electron chi connectivity index (χ3n) is 6.22. The normalized spacial score (nSPS) is 21.9. The molecule has 1 heterocycles. The Morgan fingerprint density at radius 2 is 1.57 bits per heavy atom. The predicted octanol–water partition coefficient (Wildman–Crippen LogP) is 4.43. The van der Waals surface area contributed by atoms with Crippen molar-refractivity contribution in [1.29, 1.82) is 0 Å². The number of β-amino-alcohol motifs (C(OH)–C–C–N with tert-alkyl or cyclic N) is 1. The summed E-state index contributed by atoms with van der Waals surface area (Å²) in [6.45, 7) is 18.3. The van der Waals surface area contributed by atoms with Gasteiger partial charge in [-0.3, -0.25) is 4.90 Å². The van der Waals surface area contributed by atoms with Gasteiger partial charge in [0.15, 0.2) is 0 Å². The highest BCUT2D eigenvalue weighted by atomic mass is 32.2. The number of benzene rings is 1. The molecule has 1 aromatic carbocycles. The van der Waals surface area contributed by atoms with Crippen molar-refractivity contribution in [3.05, 3.63) is 28.8 Å². The lowest BCUT2D eigenvalue weighted by atomic mass is 9.89. The van der Waals surface area contributed by atoms with Crippen molar-refractivity contribution < 1.29 is 13.5 Å².